The number of methoxy groups -OCH3 is 1. The van der Waals surface area contributed by atoms with Gasteiger partial charge in [0.2, 0.25) is 0 Å². The van der Waals surface area contributed by atoms with Crippen LogP contribution in [0.25, 0.3) is 0 Å². The zero-order valence-electron chi connectivity index (χ0n) is 10.3. The molecule has 0 aliphatic carbocycles. The molecule has 0 bridgehead atoms. The zero-order valence-corrected chi connectivity index (χ0v) is 10.3. The molecule has 3 heteroatoms. The van der Waals surface area contributed by atoms with Crippen molar-refractivity contribution in [2.75, 3.05) is 7.11 Å². The molecular formula is C14H18O3. The lowest BCUT2D eigenvalue weighted by Crippen LogP contribution is -1.99. The average Bonchev–Trinajstić information content (AvgIpc) is 2.31. The predicted molar refractivity (Wildman–Crippen MR) is 67.4 cm³/mol. The van der Waals surface area contributed by atoms with Crippen molar-refractivity contribution >= 4 is 5.78 Å². The maximum absolute atomic E-state index is 11.3. The lowest BCUT2D eigenvalue weighted by Gasteiger charge is -2.06. The van der Waals surface area contributed by atoms with Gasteiger partial charge in [-0.3, -0.25) is 4.79 Å². The molecule has 0 saturated heterocycles. The second-order valence-corrected chi connectivity index (χ2v) is 4.06. The molecule has 0 atom stereocenters. The summed E-state index contributed by atoms with van der Waals surface area (Å²) in [4.78, 5) is 11.3. The molecule has 0 unspecified atom stereocenters. The lowest BCUT2D eigenvalue weighted by atomic mass is 10.0. The maximum Gasteiger partial charge on any atom is 0.160 e. The van der Waals surface area contributed by atoms with Crippen molar-refractivity contribution < 1.29 is 14.6 Å². The SMILES string of the molecule is C=C(C)C(=O)CCCc1ccc(O)c(OC)c1. The molecule has 1 aromatic rings. The van der Waals surface area contributed by atoms with Crippen LogP contribution in [-0.4, -0.2) is 18.0 Å². The van der Waals surface area contributed by atoms with Crippen molar-refractivity contribution in [3.05, 3.63) is 35.9 Å². The number of carbonyl (C=O) groups excluding carboxylic acids is 1. The Kier molecular flexibility index (Phi) is 4.76. The highest BCUT2D eigenvalue weighted by Gasteiger charge is 2.05. The van der Waals surface area contributed by atoms with Gasteiger partial charge in [-0.05, 0) is 43.0 Å². The fourth-order valence-corrected chi connectivity index (χ4v) is 1.54. The molecule has 0 heterocycles. The van der Waals surface area contributed by atoms with E-state index in [0.717, 1.165) is 18.4 Å². The zero-order chi connectivity index (χ0) is 12.8. The summed E-state index contributed by atoms with van der Waals surface area (Å²) in [5.74, 6) is 0.707. The van der Waals surface area contributed by atoms with Crippen LogP contribution in [0, 0.1) is 0 Å². The van der Waals surface area contributed by atoms with Gasteiger partial charge in [-0.15, -0.1) is 0 Å². The summed E-state index contributed by atoms with van der Waals surface area (Å²) >= 11 is 0. The summed E-state index contributed by atoms with van der Waals surface area (Å²) < 4.78 is 5.02. The summed E-state index contributed by atoms with van der Waals surface area (Å²) in [6.45, 7) is 5.35. The molecule has 0 aliphatic rings. The lowest BCUT2D eigenvalue weighted by molar-refractivity contribution is -0.115. The number of rotatable bonds is 6. The van der Waals surface area contributed by atoms with Gasteiger partial charge >= 0.3 is 0 Å². The Balaban J connectivity index is 2.52. The third-order valence-electron chi connectivity index (χ3n) is 2.59. The third kappa shape index (κ3) is 3.94. The number of hydrogen-bond acceptors (Lipinski definition) is 3. The first-order chi connectivity index (χ1) is 8.04. The Morgan fingerprint density at radius 1 is 1.47 bits per heavy atom. The van der Waals surface area contributed by atoms with Gasteiger partial charge in [0, 0.05) is 6.42 Å². The molecule has 0 spiro atoms. The smallest absolute Gasteiger partial charge is 0.160 e. The second-order valence-electron chi connectivity index (χ2n) is 4.06. The summed E-state index contributed by atoms with van der Waals surface area (Å²) in [5.41, 5.74) is 1.66. The topological polar surface area (TPSA) is 46.5 Å². The van der Waals surface area contributed by atoms with Crippen molar-refractivity contribution in [3.63, 3.8) is 0 Å². The third-order valence-corrected chi connectivity index (χ3v) is 2.59. The Labute approximate surface area is 102 Å². The molecule has 1 aromatic carbocycles. The fraction of sp³-hybridized carbons (Fsp3) is 0.357. The second kappa shape index (κ2) is 6.09. The highest BCUT2D eigenvalue weighted by Crippen LogP contribution is 2.26. The molecule has 92 valence electrons. The highest BCUT2D eigenvalue weighted by atomic mass is 16.5. The van der Waals surface area contributed by atoms with E-state index >= 15 is 0 Å². The van der Waals surface area contributed by atoms with Crippen LogP contribution in [0.1, 0.15) is 25.3 Å². The minimum Gasteiger partial charge on any atom is -0.504 e. The Morgan fingerprint density at radius 3 is 2.76 bits per heavy atom. The van der Waals surface area contributed by atoms with E-state index in [4.69, 9.17) is 4.74 Å². The quantitative estimate of drug-likeness (QED) is 0.770. The molecule has 1 rings (SSSR count). The molecule has 3 nitrogen and oxygen atoms in total. The van der Waals surface area contributed by atoms with Crippen LogP contribution in [0.2, 0.25) is 0 Å². The Hall–Kier alpha value is -1.77. The molecule has 1 N–H and O–H groups in total. The number of phenolic OH excluding ortho intramolecular Hbond substituents is 1. The number of allylic oxidation sites excluding steroid dienone is 1. The van der Waals surface area contributed by atoms with Crippen molar-refractivity contribution in [1.82, 2.24) is 0 Å². The monoisotopic (exact) mass is 234 g/mol. The van der Waals surface area contributed by atoms with E-state index < -0.39 is 0 Å². The van der Waals surface area contributed by atoms with Gasteiger partial charge in [0.25, 0.3) is 0 Å². The predicted octanol–water partition coefficient (Wildman–Crippen LogP) is 2.87. The number of Topliss-reactive ketones (excluding diaryl/α,β-unsaturated/α-hetero) is 1. The first kappa shape index (κ1) is 13.3. The van der Waals surface area contributed by atoms with Crippen LogP contribution in [0.3, 0.4) is 0 Å². The molecule has 0 aromatic heterocycles. The first-order valence-electron chi connectivity index (χ1n) is 5.59. The normalized spacial score (nSPS) is 10.0. The van der Waals surface area contributed by atoms with Crippen molar-refractivity contribution in [2.45, 2.75) is 26.2 Å². The van der Waals surface area contributed by atoms with E-state index in [2.05, 4.69) is 6.58 Å². The molecule has 0 aliphatic heterocycles. The number of carbonyl (C=O) groups is 1. The van der Waals surface area contributed by atoms with Gasteiger partial charge < -0.3 is 9.84 Å². The van der Waals surface area contributed by atoms with E-state index in [1.54, 1.807) is 19.1 Å². The van der Waals surface area contributed by atoms with Crippen LogP contribution in [0.15, 0.2) is 30.4 Å². The minimum atomic E-state index is 0.107. The van der Waals surface area contributed by atoms with Crippen LogP contribution < -0.4 is 4.74 Å². The van der Waals surface area contributed by atoms with Crippen molar-refractivity contribution in [1.29, 1.82) is 0 Å². The highest BCUT2D eigenvalue weighted by molar-refractivity contribution is 5.94. The summed E-state index contributed by atoms with van der Waals surface area (Å²) in [5, 5.41) is 9.43. The minimum absolute atomic E-state index is 0.107. The standard InChI is InChI=1S/C14H18O3/c1-10(2)12(15)6-4-5-11-7-8-13(16)14(9-11)17-3/h7-9,16H,1,4-6H2,2-3H3. The Bertz CT molecular complexity index is 421. The van der Waals surface area contributed by atoms with Crippen LogP contribution in [0.5, 0.6) is 11.5 Å². The number of ketones is 1. The van der Waals surface area contributed by atoms with Gasteiger partial charge in [0.05, 0.1) is 7.11 Å². The number of phenols is 1. The van der Waals surface area contributed by atoms with Crippen molar-refractivity contribution in [3.8, 4) is 11.5 Å². The van der Waals surface area contributed by atoms with Gasteiger partial charge in [0.15, 0.2) is 17.3 Å². The number of ether oxygens (including phenoxy) is 1. The number of benzene rings is 1. The van der Waals surface area contributed by atoms with E-state index in [-0.39, 0.29) is 11.5 Å². The molecule has 0 saturated carbocycles. The van der Waals surface area contributed by atoms with Crippen LogP contribution >= 0.6 is 0 Å². The molecule has 0 radical (unpaired) electrons. The Morgan fingerprint density at radius 2 is 2.18 bits per heavy atom. The molecule has 0 amide bonds. The van der Waals surface area contributed by atoms with Gasteiger partial charge in [-0.25, -0.2) is 0 Å². The number of aromatic hydroxyl groups is 1. The fourth-order valence-electron chi connectivity index (χ4n) is 1.54. The molecule has 17 heavy (non-hydrogen) atoms. The van der Waals surface area contributed by atoms with Crippen molar-refractivity contribution in [2.24, 2.45) is 0 Å². The number of hydrogen-bond donors (Lipinski definition) is 1. The summed E-state index contributed by atoms with van der Waals surface area (Å²) in [6.07, 6.45) is 2.08. The average molecular weight is 234 g/mol. The van der Waals surface area contributed by atoms with E-state index in [9.17, 15) is 9.90 Å². The maximum atomic E-state index is 11.3. The molecule has 0 fully saturated rings. The van der Waals surface area contributed by atoms with Gasteiger partial charge in [-0.2, -0.15) is 0 Å². The van der Waals surface area contributed by atoms with E-state index in [1.807, 2.05) is 6.07 Å². The van der Waals surface area contributed by atoms with E-state index in [1.165, 1.54) is 7.11 Å². The molecular weight excluding hydrogens is 216 g/mol. The van der Waals surface area contributed by atoms with Crippen LogP contribution in [0.4, 0.5) is 0 Å². The van der Waals surface area contributed by atoms with E-state index in [0.29, 0.717) is 17.7 Å². The van der Waals surface area contributed by atoms with Gasteiger partial charge in [0.1, 0.15) is 0 Å². The summed E-state index contributed by atoms with van der Waals surface area (Å²) in [6, 6.07) is 5.23. The number of aryl methyl sites for hydroxylation is 1. The first-order valence-corrected chi connectivity index (χ1v) is 5.59. The summed E-state index contributed by atoms with van der Waals surface area (Å²) in [7, 11) is 1.52. The largest absolute Gasteiger partial charge is 0.504 e. The van der Waals surface area contributed by atoms with Gasteiger partial charge in [-0.1, -0.05) is 12.6 Å². The van der Waals surface area contributed by atoms with Crippen LogP contribution in [-0.2, 0) is 11.2 Å².